The van der Waals surface area contributed by atoms with Crippen LogP contribution in [0.4, 0.5) is 4.79 Å². The molecule has 0 radical (unpaired) electrons. The molecule has 2 aromatic rings. The quantitative estimate of drug-likeness (QED) is 0.565. The summed E-state index contributed by atoms with van der Waals surface area (Å²) in [4.78, 5) is 36.3. The van der Waals surface area contributed by atoms with E-state index in [1.54, 1.807) is 6.92 Å². The fraction of sp³-hybridized carbons (Fsp3) is 0.423. The molecule has 1 fully saturated rings. The number of carbonyl (C=O) groups is 3. The Morgan fingerprint density at radius 2 is 1.67 bits per heavy atom. The highest BCUT2D eigenvalue weighted by Crippen LogP contribution is 2.44. The number of carbonyl (C=O) groups excluding carboxylic acids is 2. The fourth-order valence-electron chi connectivity index (χ4n) is 5.11. The lowest BCUT2D eigenvalue weighted by Crippen LogP contribution is -2.45. The van der Waals surface area contributed by atoms with Crippen molar-refractivity contribution in [1.82, 2.24) is 10.6 Å². The molecule has 4 rings (SSSR count). The van der Waals surface area contributed by atoms with E-state index in [0.717, 1.165) is 24.0 Å². The number of benzene rings is 2. The van der Waals surface area contributed by atoms with Gasteiger partial charge in [-0.1, -0.05) is 61.9 Å². The molecule has 2 amide bonds. The molecule has 0 saturated heterocycles. The fourth-order valence-corrected chi connectivity index (χ4v) is 5.11. The lowest BCUT2D eigenvalue weighted by atomic mass is 9.94. The van der Waals surface area contributed by atoms with E-state index in [-0.39, 0.29) is 30.3 Å². The molecule has 0 heterocycles. The molecule has 0 aliphatic heterocycles. The third-order valence-electron chi connectivity index (χ3n) is 6.87. The Hall–Kier alpha value is -3.35. The van der Waals surface area contributed by atoms with Crippen molar-refractivity contribution in [3.63, 3.8) is 0 Å². The van der Waals surface area contributed by atoms with Crippen LogP contribution in [0.25, 0.3) is 11.1 Å². The third kappa shape index (κ3) is 4.87. The zero-order chi connectivity index (χ0) is 23.4. The van der Waals surface area contributed by atoms with Gasteiger partial charge in [0.25, 0.3) is 0 Å². The number of fused-ring (bicyclic) bond motifs is 3. The Kier molecular flexibility index (Phi) is 6.96. The molecular weight excluding hydrogens is 420 g/mol. The Balaban J connectivity index is 1.31. The predicted octanol–water partition coefficient (Wildman–Crippen LogP) is 3.92. The van der Waals surface area contributed by atoms with E-state index in [2.05, 4.69) is 34.9 Å². The number of nitrogens with one attached hydrogen (secondary N) is 2. The van der Waals surface area contributed by atoms with Gasteiger partial charge in [-0.3, -0.25) is 4.79 Å². The maximum absolute atomic E-state index is 12.6. The van der Waals surface area contributed by atoms with Crippen LogP contribution in [0.15, 0.2) is 48.5 Å². The second kappa shape index (κ2) is 10.1. The Morgan fingerprint density at radius 1 is 1.03 bits per heavy atom. The van der Waals surface area contributed by atoms with Crippen LogP contribution in [-0.2, 0) is 14.3 Å². The minimum Gasteiger partial charge on any atom is -0.480 e. The predicted molar refractivity (Wildman–Crippen MR) is 124 cm³/mol. The molecule has 3 unspecified atom stereocenters. The van der Waals surface area contributed by atoms with Gasteiger partial charge in [0.15, 0.2) is 0 Å². The molecule has 3 atom stereocenters. The van der Waals surface area contributed by atoms with E-state index in [1.165, 1.54) is 11.1 Å². The number of carboxylic acid groups (broad SMARTS) is 1. The largest absolute Gasteiger partial charge is 0.480 e. The number of hydrogen-bond donors (Lipinski definition) is 3. The van der Waals surface area contributed by atoms with Crippen molar-refractivity contribution < 1.29 is 24.2 Å². The zero-order valence-corrected chi connectivity index (χ0v) is 18.8. The van der Waals surface area contributed by atoms with Crippen molar-refractivity contribution in [3.05, 3.63) is 59.7 Å². The summed E-state index contributed by atoms with van der Waals surface area (Å²) in [6.45, 7) is 2.30. The van der Waals surface area contributed by atoms with Crippen LogP contribution in [0.5, 0.6) is 0 Å². The third-order valence-corrected chi connectivity index (χ3v) is 6.87. The molecule has 2 aromatic carbocycles. The van der Waals surface area contributed by atoms with E-state index in [1.807, 2.05) is 24.3 Å². The van der Waals surface area contributed by atoms with Crippen molar-refractivity contribution in [1.29, 1.82) is 0 Å². The van der Waals surface area contributed by atoms with Crippen molar-refractivity contribution in [2.75, 3.05) is 13.2 Å². The lowest BCUT2D eigenvalue weighted by Gasteiger charge is -2.22. The summed E-state index contributed by atoms with van der Waals surface area (Å²) in [5.74, 6) is -1.61. The van der Waals surface area contributed by atoms with Gasteiger partial charge >= 0.3 is 12.1 Å². The summed E-state index contributed by atoms with van der Waals surface area (Å²) >= 11 is 0. The number of ether oxygens (including phenoxy) is 1. The monoisotopic (exact) mass is 450 g/mol. The standard InChI is InChI=1S/C26H30N2O5/c1-2-23(25(30)31)28-24(29)17-13-7-8-16(17)14-27-26(32)33-15-22-20-11-5-3-9-18(20)19-10-4-6-12-21(19)22/h3-6,9-12,16-17,22-23H,2,7-8,13-15H2,1H3,(H,27,32)(H,28,29)(H,30,31). The van der Waals surface area contributed by atoms with Crippen LogP contribution in [0.1, 0.15) is 49.7 Å². The van der Waals surface area contributed by atoms with Crippen LogP contribution in [0.2, 0.25) is 0 Å². The highest BCUT2D eigenvalue weighted by molar-refractivity contribution is 5.85. The minimum absolute atomic E-state index is 0.00449. The van der Waals surface area contributed by atoms with Crippen molar-refractivity contribution in [3.8, 4) is 11.1 Å². The van der Waals surface area contributed by atoms with Gasteiger partial charge in [-0.25, -0.2) is 9.59 Å². The second-order valence-electron chi connectivity index (χ2n) is 8.81. The molecule has 33 heavy (non-hydrogen) atoms. The van der Waals surface area contributed by atoms with E-state index in [0.29, 0.717) is 19.4 Å². The number of amides is 2. The molecule has 7 nitrogen and oxygen atoms in total. The van der Waals surface area contributed by atoms with Gasteiger partial charge in [-0.05, 0) is 47.4 Å². The van der Waals surface area contributed by atoms with E-state index in [4.69, 9.17) is 4.74 Å². The van der Waals surface area contributed by atoms with Crippen molar-refractivity contribution in [2.24, 2.45) is 11.8 Å². The van der Waals surface area contributed by atoms with Crippen LogP contribution in [0.3, 0.4) is 0 Å². The topological polar surface area (TPSA) is 105 Å². The summed E-state index contributed by atoms with van der Waals surface area (Å²) in [5.41, 5.74) is 4.66. The van der Waals surface area contributed by atoms with Gasteiger partial charge in [-0.15, -0.1) is 0 Å². The highest BCUT2D eigenvalue weighted by Gasteiger charge is 2.35. The van der Waals surface area contributed by atoms with Crippen LogP contribution < -0.4 is 10.6 Å². The Bertz CT molecular complexity index is 991. The lowest BCUT2D eigenvalue weighted by molar-refractivity contribution is -0.142. The highest BCUT2D eigenvalue weighted by atomic mass is 16.5. The first-order valence-electron chi connectivity index (χ1n) is 11.6. The molecule has 0 bridgehead atoms. The zero-order valence-electron chi connectivity index (χ0n) is 18.8. The van der Waals surface area contributed by atoms with Crippen molar-refractivity contribution >= 4 is 18.0 Å². The van der Waals surface area contributed by atoms with Crippen LogP contribution in [0, 0.1) is 11.8 Å². The maximum Gasteiger partial charge on any atom is 0.407 e. The second-order valence-corrected chi connectivity index (χ2v) is 8.81. The number of rotatable bonds is 8. The average Bonchev–Trinajstić information content (AvgIpc) is 3.42. The van der Waals surface area contributed by atoms with Crippen LogP contribution in [-0.4, -0.2) is 42.3 Å². The number of aliphatic carboxylic acids is 1. The summed E-state index contributed by atoms with van der Waals surface area (Å²) in [5, 5.41) is 14.6. The summed E-state index contributed by atoms with van der Waals surface area (Å²) in [7, 11) is 0. The number of carboxylic acids is 1. The molecule has 2 aliphatic carbocycles. The van der Waals surface area contributed by atoms with Crippen LogP contribution >= 0.6 is 0 Å². The van der Waals surface area contributed by atoms with E-state index in [9.17, 15) is 19.5 Å². The van der Waals surface area contributed by atoms with Gasteiger partial charge in [0.1, 0.15) is 12.6 Å². The summed E-state index contributed by atoms with van der Waals surface area (Å²) in [6.07, 6.45) is 2.21. The van der Waals surface area contributed by atoms with E-state index < -0.39 is 18.1 Å². The minimum atomic E-state index is -1.03. The van der Waals surface area contributed by atoms with Crippen molar-refractivity contribution in [2.45, 2.75) is 44.6 Å². The SMILES string of the molecule is CCC(NC(=O)C1CCCC1CNC(=O)OCC1c2ccccc2-c2ccccc21)C(=O)O. The van der Waals surface area contributed by atoms with Gasteiger partial charge in [0.2, 0.25) is 5.91 Å². The van der Waals surface area contributed by atoms with Gasteiger partial charge in [0.05, 0.1) is 0 Å². The van der Waals surface area contributed by atoms with Gasteiger partial charge in [-0.2, -0.15) is 0 Å². The molecule has 0 spiro atoms. The maximum atomic E-state index is 12.6. The van der Waals surface area contributed by atoms with E-state index >= 15 is 0 Å². The van der Waals surface area contributed by atoms with Gasteiger partial charge < -0.3 is 20.5 Å². The van der Waals surface area contributed by atoms with Gasteiger partial charge in [0, 0.05) is 18.4 Å². The number of alkyl carbamates (subject to hydrolysis) is 1. The molecule has 1 saturated carbocycles. The summed E-state index contributed by atoms with van der Waals surface area (Å²) < 4.78 is 5.58. The molecule has 7 heteroatoms. The average molecular weight is 451 g/mol. The Labute approximate surface area is 193 Å². The first-order valence-corrected chi connectivity index (χ1v) is 11.6. The molecule has 174 valence electrons. The normalized spacial score (nSPS) is 19.9. The Morgan fingerprint density at radius 3 is 2.27 bits per heavy atom. The first-order chi connectivity index (χ1) is 16.0. The molecular formula is C26H30N2O5. The smallest absolute Gasteiger partial charge is 0.407 e. The summed E-state index contributed by atoms with van der Waals surface area (Å²) in [6, 6.07) is 15.5. The molecule has 2 aliphatic rings. The molecule has 3 N–H and O–H groups in total. The molecule has 0 aromatic heterocycles. The number of hydrogen-bond acceptors (Lipinski definition) is 4. The first kappa shape index (κ1) is 22.8.